The predicted octanol–water partition coefficient (Wildman–Crippen LogP) is 3.60. The molecule has 1 unspecified atom stereocenters. The number of ether oxygens (including phenoxy) is 1. The molecule has 1 fully saturated rings. The van der Waals surface area contributed by atoms with Crippen LogP contribution in [0.2, 0.25) is 0 Å². The Labute approximate surface area is 165 Å². The summed E-state index contributed by atoms with van der Waals surface area (Å²) in [5.41, 5.74) is 1.85. The van der Waals surface area contributed by atoms with E-state index in [1.165, 1.54) is 11.3 Å². The fourth-order valence-electron chi connectivity index (χ4n) is 3.45. The highest BCUT2D eigenvalue weighted by Crippen LogP contribution is 2.27. The fourth-order valence-corrected chi connectivity index (χ4v) is 4.44. The smallest absolute Gasteiger partial charge is 0.263 e. The summed E-state index contributed by atoms with van der Waals surface area (Å²) in [7, 11) is 0. The molecule has 0 saturated carbocycles. The molecule has 6 heteroatoms. The van der Waals surface area contributed by atoms with Gasteiger partial charge in [-0.15, -0.1) is 11.3 Å². The Kier molecular flexibility index (Phi) is 6.99. The first kappa shape index (κ1) is 20.0. The third-order valence-electron chi connectivity index (χ3n) is 4.83. The lowest BCUT2D eigenvalue weighted by Crippen LogP contribution is -2.49. The van der Waals surface area contributed by atoms with Crippen molar-refractivity contribution in [1.29, 1.82) is 0 Å². The van der Waals surface area contributed by atoms with Gasteiger partial charge in [-0.25, -0.2) is 4.98 Å². The molecule has 0 radical (unpaired) electrons. The van der Waals surface area contributed by atoms with E-state index in [1.807, 2.05) is 37.3 Å². The monoisotopic (exact) mass is 387 g/mol. The second-order valence-electron chi connectivity index (χ2n) is 7.44. The van der Waals surface area contributed by atoms with Gasteiger partial charge >= 0.3 is 0 Å². The summed E-state index contributed by atoms with van der Waals surface area (Å²) >= 11 is 1.47. The van der Waals surface area contributed by atoms with Gasteiger partial charge in [-0.05, 0) is 19.3 Å². The molecule has 0 aliphatic carbocycles. The highest BCUT2D eigenvalue weighted by Gasteiger charge is 2.23. The second-order valence-corrected chi connectivity index (χ2v) is 8.44. The molecule has 3 rings (SSSR count). The summed E-state index contributed by atoms with van der Waals surface area (Å²) in [6.45, 7) is 10.5. The molecule has 1 aliphatic rings. The van der Waals surface area contributed by atoms with E-state index >= 15 is 0 Å². The first-order chi connectivity index (χ1) is 13.0. The van der Waals surface area contributed by atoms with Crippen LogP contribution in [0, 0.1) is 12.8 Å². The number of carbonyl (C=O) groups is 1. The summed E-state index contributed by atoms with van der Waals surface area (Å²) < 4.78 is 5.47. The highest BCUT2D eigenvalue weighted by molar-refractivity contribution is 7.17. The first-order valence-corrected chi connectivity index (χ1v) is 10.5. The molecule has 2 aromatic rings. The van der Waals surface area contributed by atoms with Gasteiger partial charge in [0.05, 0.1) is 18.9 Å². The van der Waals surface area contributed by atoms with E-state index in [9.17, 15) is 4.79 Å². The van der Waals surface area contributed by atoms with Gasteiger partial charge in [0.25, 0.3) is 5.91 Å². The molecule has 27 heavy (non-hydrogen) atoms. The van der Waals surface area contributed by atoms with Gasteiger partial charge in [-0.2, -0.15) is 0 Å². The van der Waals surface area contributed by atoms with Crippen LogP contribution >= 0.6 is 11.3 Å². The van der Waals surface area contributed by atoms with Crippen LogP contribution in [0.25, 0.3) is 10.6 Å². The van der Waals surface area contributed by atoms with Crippen LogP contribution in [-0.2, 0) is 4.74 Å². The Morgan fingerprint density at radius 2 is 1.96 bits per heavy atom. The number of morpholine rings is 1. The third-order valence-corrected chi connectivity index (χ3v) is 6.03. The van der Waals surface area contributed by atoms with Crippen molar-refractivity contribution in [3.63, 3.8) is 0 Å². The van der Waals surface area contributed by atoms with Crippen molar-refractivity contribution in [1.82, 2.24) is 15.2 Å². The van der Waals surface area contributed by atoms with Crippen LogP contribution in [0.3, 0.4) is 0 Å². The quantitative estimate of drug-likeness (QED) is 0.789. The maximum Gasteiger partial charge on any atom is 0.263 e. The van der Waals surface area contributed by atoms with E-state index in [0.29, 0.717) is 23.4 Å². The summed E-state index contributed by atoms with van der Waals surface area (Å²) in [5, 5.41) is 4.05. The van der Waals surface area contributed by atoms with Gasteiger partial charge in [-0.1, -0.05) is 44.2 Å². The number of nitrogens with one attached hydrogen (secondary N) is 1. The maximum absolute atomic E-state index is 12.8. The van der Waals surface area contributed by atoms with E-state index in [1.54, 1.807) is 0 Å². The Morgan fingerprint density at radius 1 is 1.26 bits per heavy atom. The number of aryl methyl sites for hydroxylation is 1. The lowest BCUT2D eigenvalue weighted by molar-refractivity contribution is 0.0125. The van der Waals surface area contributed by atoms with Crippen LogP contribution in [0.15, 0.2) is 30.3 Å². The number of thiazole rings is 1. The Balaban J connectivity index is 1.66. The molecular weight excluding hydrogens is 358 g/mol. The molecule has 1 atom stereocenters. The van der Waals surface area contributed by atoms with Crippen LogP contribution in [0.4, 0.5) is 0 Å². The lowest BCUT2D eigenvalue weighted by atomic mass is 10.0. The summed E-state index contributed by atoms with van der Waals surface area (Å²) in [6, 6.07) is 10.4. The number of amides is 1. The molecule has 1 saturated heterocycles. The zero-order chi connectivity index (χ0) is 19.2. The van der Waals surface area contributed by atoms with E-state index in [2.05, 4.69) is 29.0 Å². The minimum absolute atomic E-state index is 0.0193. The molecule has 2 heterocycles. The van der Waals surface area contributed by atoms with Crippen LogP contribution in [0.5, 0.6) is 0 Å². The standard InChI is InChI=1S/C21H29N3O2S/c1-15(2)13-18(24-9-11-26-12-10-24)14-22-20(25)19-16(3)23-21(27-19)17-7-5-4-6-8-17/h4-8,15,18H,9-14H2,1-3H3,(H,22,25). The van der Waals surface area contributed by atoms with E-state index in [0.717, 1.165) is 49.0 Å². The third kappa shape index (κ3) is 5.37. The molecule has 146 valence electrons. The number of carbonyl (C=O) groups excluding carboxylic acids is 1. The van der Waals surface area contributed by atoms with Gasteiger partial charge in [0.15, 0.2) is 0 Å². The van der Waals surface area contributed by atoms with E-state index in [-0.39, 0.29) is 5.91 Å². The number of nitrogens with zero attached hydrogens (tertiary/aromatic N) is 2. The van der Waals surface area contributed by atoms with E-state index < -0.39 is 0 Å². The van der Waals surface area contributed by atoms with Crippen LogP contribution in [0.1, 0.15) is 35.6 Å². The zero-order valence-corrected chi connectivity index (χ0v) is 17.2. The number of hydrogen-bond donors (Lipinski definition) is 1. The molecule has 0 spiro atoms. The lowest BCUT2D eigenvalue weighted by Gasteiger charge is -2.35. The van der Waals surface area contributed by atoms with Gasteiger partial charge in [0, 0.05) is 31.2 Å². The first-order valence-electron chi connectivity index (χ1n) is 9.67. The molecule has 1 aromatic carbocycles. The average molecular weight is 388 g/mol. The second kappa shape index (κ2) is 9.44. The van der Waals surface area contributed by atoms with Crippen LogP contribution < -0.4 is 5.32 Å². The van der Waals surface area contributed by atoms with Crippen molar-refractivity contribution in [3.8, 4) is 10.6 Å². The largest absolute Gasteiger partial charge is 0.379 e. The van der Waals surface area contributed by atoms with Crippen molar-refractivity contribution in [2.75, 3.05) is 32.8 Å². The fraction of sp³-hybridized carbons (Fsp3) is 0.524. The zero-order valence-electron chi connectivity index (χ0n) is 16.4. The normalized spacial score (nSPS) is 16.4. The highest BCUT2D eigenvalue weighted by atomic mass is 32.1. The topological polar surface area (TPSA) is 54.5 Å². The SMILES string of the molecule is Cc1nc(-c2ccccc2)sc1C(=O)NCC(CC(C)C)N1CCOCC1. The Morgan fingerprint density at radius 3 is 2.63 bits per heavy atom. The predicted molar refractivity (Wildman–Crippen MR) is 110 cm³/mol. The molecular formula is C21H29N3O2S. The van der Waals surface area contributed by atoms with Crippen LogP contribution in [-0.4, -0.2) is 54.7 Å². The van der Waals surface area contributed by atoms with Gasteiger partial charge in [0.2, 0.25) is 0 Å². The Bertz CT molecular complexity index is 739. The van der Waals surface area contributed by atoms with Crippen molar-refractivity contribution in [2.45, 2.75) is 33.2 Å². The molecule has 1 aliphatic heterocycles. The molecule has 1 amide bonds. The summed E-state index contributed by atoms with van der Waals surface area (Å²) in [6.07, 6.45) is 1.07. The maximum atomic E-state index is 12.8. The average Bonchev–Trinajstić information content (AvgIpc) is 3.08. The number of benzene rings is 1. The molecule has 1 aromatic heterocycles. The molecule has 5 nitrogen and oxygen atoms in total. The summed E-state index contributed by atoms with van der Waals surface area (Å²) in [4.78, 5) is 20.5. The molecule has 0 bridgehead atoms. The number of aromatic nitrogens is 1. The van der Waals surface area contributed by atoms with E-state index in [4.69, 9.17) is 4.74 Å². The van der Waals surface area contributed by atoms with Crippen molar-refractivity contribution < 1.29 is 9.53 Å². The minimum atomic E-state index is -0.0193. The van der Waals surface area contributed by atoms with Crippen molar-refractivity contribution in [2.24, 2.45) is 5.92 Å². The number of hydrogen-bond acceptors (Lipinski definition) is 5. The van der Waals surface area contributed by atoms with Crippen molar-refractivity contribution in [3.05, 3.63) is 40.9 Å². The van der Waals surface area contributed by atoms with Gasteiger partial charge < -0.3 is 10.1 Å². The minimum Gasteiger partial charge on any atom is -0.379 e. The number of rotatable bonds is 7. The Hall–Kier alpha value is -1.76. The summed E-state index contributed by atoms with van der Waals surface area (Å²) in [5.74, 6) is 0.568. The molecule has 1 N–H and O–H groups in total. The van der Waals surface area contributed by atoms with Gasteiger partial charge in [0.1, 0.15) is 9.88 Å². The van der Waals surface area contributed by atoms with Gasteiger partial charge in [-0.3, -0.25) is 9.69 Å². The van der Waals surface area contributed by atoms with Crippen molar-refractivity contribution >= 4 is 17.2 Å².